The van der Waals surface area contributed by atoms with Crippen LogP contribution in [0.15, 0.2) is 24.3 Å². The Labute approximate surface area is 97.0 Å². The van der Waals surface area contributed by atoms with Crippen LogP contribution in [0.3, 0.4) is 0 Å². The minimum atomic E-state index is -0.146. The van der Waals surface area contributed by atoms with E-state index in [0.717, 1.165) is 18.4 Å². The molecule has 90 valence electrons. The summed E-state index contributed by atoms with van der Waals surface area (Å²) < 4.78 is 13.4. The normalized spacial score (nSPS) is 13.1. The number of nitrogens with two attached hydrogens (primary N) is 1. The number of hydrogen-bond donors (Lipinski definition) is 2. The van der Waals surface area contributed by atoms with E-state index in [-0.39, 0.29) is 11.9 Å². The maximum atomic E-state index is 13.4. The SMILES string of the molecule is CC(C)CCC(Cc1ccccc1F)NN. The molecule has 2 nitrogen and oxygen atoms in total. The zero-order valence-electron chi connectivity index (χ0n) is 10.0. The molecule has 0 aromatic heterocycles. The first-order chi connectivity index (χ1) is 7.63. The van der Waals surface area contributed by atoms with Gasteiger partial charge < -0.3 is 0 Å². The number of rotatable bonds is 6. The Morgan fingerprint density at radius 2 is 1.94 bits per heavy atom. The molecule has 1 atom stereocenters. The molecule has 1 rings (SSSR count). The minimum Gasteiger partial charge on any atom is -0.271 e. The van der Waals surface area contributed by atoms with E-state index in [0.29, 0.717) is 12.3 Å². The second-order valence-corrected chi connectivity index (χ2v) is 4.63. The molecule has 0 heterocycles. The van der Waals surface area contributed by atoms with Crippen LogP contribution in [0.5, 0.6) is 0 Å². The molecular weight excluding hydrogens is 203 g/mol. The van der Waals surface area contributed by atoms with E-state index >= 15 is 0 Å². The number of hydrazine groups is 1. The standard InChI is InChI=1S/C13H21FN2/c1-10(2)7-8-12(16-15)9-11-5-3-4-6-13(11)14/h3-6,10,12,16H,7-9,15H2,1-2H3. The van der Waals surface area contributed by atoms with E-state index < -0.39 is 0 Å². The molecule has 0 saturated heterocycles. The van der Waals surface area contributed by atoms with Crippen molar-refractivity contribution in [2.24, 2.45) is 11.8 Å². The summed E-state index contributed by atoms with van der Waals surface area (Å²) in [5.74, 6) is 5.99. The number of benzene rings is 1. The molecule has 0 fully saturated rings. The maximum absolute atomic E-state index is 13.4. The third kappa shape index (κ3) is 4.29. The third-order valence-electron chi connectivity index (χ3n) is 2.75. The van der Waals surface area contributed by atoms with Gasteiger partial charge in [-0.1, -0.05) is 32.0 Å². The maximum Gasteiger partial charge on any atom is 0.126 e. The molecule has 0 amide bonds. The molecule has 1 unspecified atom stereocenters. The van der Waals surface area contributed by atoms with E-state index in [1.807, 2.05) is 12.1 Å². The van der Waals surface area contributed by atoms with Gasteiger partial charge in [-0.25, -0.2) is 4.39 Å². The molecule has 0 aliphatic carbocycles. The first-order valence-corrected chi connectivity index (χ1v) is 5.83. The lowest BCUT2D eigenvalue weighted by atomic mass is 9.98. The zero-order valence-corrected chi connectivity index (χ0v) is 10.0. The number of halogens is 1. The van der Waals surface area contributed by atoms with Gasteiger partial charge in [-0.3, -0.25) is 11.3 Å². The lowest BCUT2D eigenvalue weighted by molar-refractivity contribution is 0.429. The third-order valence-corrected chi connectivity index (χ3v) is 2.75. The predicted molar refractivity (Wildman–Crippen MR) is 65.3 cm³/mol. The number of nitrogens with one attached hydrogen (secondary N) is 1. The molecule has 0 aliphatic rings. The molecule has 1 aromatic carbocycles. The van der Waals surface area contributed by atoms with Gasteiger partial charge in [0, 0.05) is 6.04 Å². The lowest BCUT2D eigenvalue weighted by Gasteiger charge is -2.17. The van der Waals surface area contributed by atoms with Crippen LogP contribution in [-0.2, 0) is 6.42 Å². The fourth-order valence-electron chi connectivity index (χ4n) is 1.71. The van der Waals surface area contributed by atoms with Crippen LogP contribution >= 0.6 is 0 Å². The van der Waals surface area contributed by atoms with Crippen molar-refractivity contribution in [2.75, 3.05) is 0 Å². The summed E-state index contributed by atoms with van der Waals surface area (Å²) in [6.45, 7) is 4.35. The average Bonchev–Trinajstić information content (AvgIpc) is 2.26. The van der Waals surface area contributed by atoms with E-state index in [2.05, 4.69) is 19.3 Å². The molecule has 1 aromatic rings. The van der Waals surface area contributed by atoms with Crippen molar-refractivity contribution < 1.29 is 4.39 Å². The van der Waals surface area contributed by atoms with E-state index in [4.69, 9.17) is 5.84 Å². The second-order valence-electron chi connectivity index (χ2n) is 4.63. The first-order valence-electron chi connectivity index (χ1n) is 5.83. The van der Waals surface area contributed by atoms with Gasteiger partial charge in [0.05, 0.1) is 0 Å². The predicted octanol–water partition coefficient (Wildman–Crippen LogP) is 2.64. The largest absolute Gasteiger partial charge is 0.271 e. The van der Waals surface area contributed by atoms with Crippen molar-refractivity contribution in [3.63, 3.8) is 0 Å². The van der Waals surface area contributed by atoms with Crippen molar-refractivity contribution in [3.8, 4) is 0 Å². The van der Waals surface area contributed by atoms with Crippen LogP contribution in [0.2, 0.25) is 0 Å². The van der Waals surface area contributed by atoms with Crippen molar-refractivity contribution in [2.45, 2.75) is 39.2 Å². The average molecular weight is 224 g/mol. The van der Waals surface area contributed by atoms with E-state index in [1.54, 1.807) is 6.07 Å². The van der Waals surface area contributed by atoms with Gasteiger partial charge in [0.1, 0.15) is 5.82 Å². The quantitative estimate of drug-likeness (QED) is 0.576. The van der Waals surface area contributed by atoms with Gasteiger partial charge in [-0.2, -0.15) is 0 Å². The molecule has 0 radical (unpaired) electrons. The molecule has 3 heteroatoms. The highest BCUT2D eigenvalue weighted by Crippen LogP contribution is 2.13. The molecule has 0 spiro atoms. The van der Waals surface area contributed by atoms with Crippen molar-refractivity contribution >= 4 is 0 Å². The summed E-state index contributed by atoms with van der Waals surface area (Å²) in [6.07, 6.45) is 2.72. The second kappa shape index (κ2) is 6.61. The van der Waals surface area contributed by atoms with Crippen LogP contribution in [0.1, 0.15) is 32.3 Å². The first kappa shape index (κ1) is 13.1. The Balaban J connectivity index is 2.53. The summed E-state index contributed by atoms with van der Waals surface area (Å²) in [4.78, 5) is 0. The summed E-state index contributed by atoms with van der Waals surface area (Å²) in [5.41, 5.74) is 3.50. The molecular formula is C13H21FN2. The highest BCUT2D eigenvalue weighted by Gasteiger charge is 2.11. The summed E-state index contributed by atoms with van der Waals surface area (Å²) >= 11 is 0. The molecule has 3 N–H and O–H groups in total. The lowest BCUT2D eigenvalue weighted by Crippen LogP contribution is -2.37. The van der Waals surface area contributed by atoms with Crippen molar-refractivity contribution in [1.29, 1.82) is 0 Å². The molecule has 16 heavy (non-hydrogen) atoms. The highest BCUT2D eigenvalue weighted by atomic mass is 19.1. The fourth-order valence-corrected chi connectivity index (χ4v) is 1.71. The smallest absolute Gasteiger partial charge is 0.126 e. The minimum absolute atomic E-state index is 0.146. The van der Waals surface area contributed by atoms with Crippen molar-refractivity contribution in [1.82, 2.24) is 5.43 Å². The van der Waals surface area contributed by atoms with Gasteiger partial charge in [0.15, 0.2) is 0 Å². The van der Waals surface area contributed by atoms with Gasteiger partial charge in [0.2, 0.25) is 0 Å². The molecule has 0 bridgehead atoms. The van der Waals surface area contributed by atoms with Gasteiger partial charge in [-0.05, 0) is 36.8 Å². The zero-order chi connectivity index (χ0) is 12.0. The summed E-state index contributed by atoms with van der Waals surface area (Å²) in [6, 6.07) is 7.02. The molecule has 0 saturated carbocycles. The monoisotopic (exact) mass is 224 g/mol. The summed E-state index contributed by atoms with van der Waals surface area (Å²) in [7, 11) is 0. The Morgan fingerprint density at radius 3 is 2.50 bits per heavy atom. The Morgan fingerprint density at radius 1 is 1.25 bits per heavy atom. The van der Waals surface area contributed by atoms with Crippen LogP contribution in [0.4, 0.5) is 4.39 Å². The molecule has 0 aliphatic heterocycles. The van der Waals surface area contributed by atoms with Crippen LogP contribution in [0, 0.1) is 11.7 Å². The van der Waals surface area contributed by atoms with Crippen molar-refractivity contribution in [3.05, 3.63) is 35.6 Å². The highest BCUT2D eigenvalue weighted by molar-refractivity contribution is 5.18. The van der Waals surface area contributed by atoms with Gasteiger partial charge >= 0.3 is 0 Å². The van der Waals surface area contributed by atoms with Gasteiger partial charge in [-0.15, -0.1) is 0 Å². The van der Waals surface area contributed by atoms with E-state index in [1.165, 1.54) is 6.07 Å². The Kier molecular flexibility index (Phi) is 5.43. The number of hydrogen-bond acceptors (Lipinski definition) is 2. The fraction of sp³-hybridized carbons (Fsp3) is 0.538. The van der Waals surface area contributed by atoms with Gasteiger partial charge in [0.25, 0.3) is 0 Å². The Hall–Kier alpha value is -0.930. The van der Waals surface area contributed by atoms with Crippen LogP contribution in [0.25, 0.3) is 0 Å². The topological polar surface area (TPSA) is 38.0 Å². The van der Waals surface area contributed by atoms with Crippen LogP contribution < -0.4 is 11.3 Å². The summed E-state index contributed by atoms with van der Waals surface area (Å²) in [5, 5.41) is 0. The Bertz CT molecular complexity index is 313. The van der Waals surface area contributed by atoms with E-state index in [9.17, 15) is 4.39 Å². The van der Waals surface area contributed by atoms with Crippen LogP contribution in [-0.4, -0.2) is 6.04 Å².